The maximum absolute atomic E-state index is 10.1. The fourth-order valence-corrected chi connectivity index (χ4v) is 2.03. The summed E-state index contributed by atoms with van der Waals surface area (Å²) in [6.45, 7) is 6.00. The molecule has 0 aliphatic rings. The third kappa shape index (κ3) is 6.28. The number of hydrogen-bond acceptors (Lipinski definition) is 2. The van der Waals surface area contributed by atoms with Gasteiger partial charge in [-0.3, -0.25) is 4.99 Å². The smallest absolute Gasteiger partial charge is 0.0824 e. The first-order chi connectivity index (χ1) is 10.6. The zero-order valence-electron chi connectivity index (χ0n) is 13.1. The molecule has 0 spiro atoms. The van der Waals surface area contributed by atoms with Crippen LogP contribution in [0.5, 0.6) is 0 Å². The number of benzene rings is 1. The van der Waals surface area contributed by atoms with Gasteiger partial charge in [-0.15, -0.1) is 5.73 Å². The molecule has 1 atom stereocenters. The Hall–Kier alpha value is -1.86. The van der Waals surface area contributed by atoms with Crippen molar-refractivity contribution in [3.63, 3.8) is 0 Å². The van der Waals surface area contributed by atoms with Gasteiger partial charge in [0.05, 0.1) is 6.10 Å². The van der Waals surface area contributed by atoms with Crippen molar-refractivity contribution in [3.8, 4) is 0 Å². The van der Waals surface area contributed by atoms with Crippen LogP contribution in [0.3, 0.4) is 0 Å². The summed E-state index contributed by atoms with van der Waals surface area (Å²) in [4.78, 5) is 3.95. The summed E-state index contributed by atoms with van der Waals surface area (Å²) in [6.07, 6.45) is 8.22. The number of aliphatic hydroxyl groups excluding tert-OH is 1. The molecule has 22 heavy (non-hydrogen) atoms. The van der Waals surface area contributed by atoms with E-state index in [1.807, 2.05) is 30.4 Å². The molecule has 1 aromatic rings. The van der Waals surface area contributed by atoms with Gasteiger partial charge < -0.3 is 5.11 Å². The van der Waals surface area contributed by atoms with Gasteiger partial charge in [0.2, 0.25) is 0 Å². The van der Waals surface area contributed by atoms with Crippen LogP contribution in [-0.4, -0.2) is 18.4 Å². The highest BCUT2D eigenvalue weighted by atomic mass is 35.5. The van der Waals surface area contributed by atoms with Gasteiger partial charge in [0, 0.05) is 23.9 Å². The first-order valence-corrected chi connectivity index (χ1v) is 7.62. The molecule has 0 aliphatic carbocycles. The topological polar surface area (TPSA) is 32.6 Å². The molecule has 116 valence electrons. The molecule has 3 heteroatoms. The Bertz CT molecular complexity index is 605. The van der Waals surface area contributed by atoms with Gasteiger partial charge in [0.15, 0.2) is 0 Å². The number of hydrogen-bond donors (Lipinski definition) is 1. The Morgan fingerprint density at radius 1 is 1.41 bits per heavy atom. The minimum absolute atomic E-state index is 0.529. The van der Waals surface area contributed by atoms with Crippen LogP contribution in [0.4, 0.5) is 0 Å². The van der Waals surface area contributed by atoms with E-state index < -0.39 is 6.10 Å². The first-order valence-electron chi connectivity index (χ1n) is 7.24. The summed E-state index contributed by atoms with van der Waals surface area (Å²) in [6, 6.07) is 7.22. The largest absolute Gasteiger partial charge is 0.388 e. The minimum atomic E-state index is -0.529. The number of allylic oxidation sites excluding steroid dienone is 3. The SMILES string of the molecule is C=C(/C=N\C)C(=C=C/C=C/C[C@H](O)c1ccc(Cl)cc1)CC. The van der Waals surface area contributed by atoms with Gasteiger partial charge in [0.25, 0.3) is 0 Å². The maximum atomic E-state index is 10.1. The number of halogens is 1. The Morgan fingerprint density at radius 3 is 2.68 bits per heavy atom. The lowest BCUT2D eigenvalue weighted by Gasteiger charge is -2.07. The van der Waals surface area contributed by atoms with E-state index in [0.29, 0.717) is 11.4 Å². The lowest BCUT2D eigenvalue weighted by molar-refractivity contribution is 0.181. The summed E-state index contributed by atoms with van der Waals surface area (Å²) in [5, 5.41) is 10.7. The fraction of sp³-hybridized carbons (Fsp3) is 0.263. The quantitative estimate of drug-likeness (QED) is 0.425. The van der Waals surface area contributed by atoms with Gasteiger partial charge in [-0.2, -0.15) is 0 Å². The Labute approximate surface area is 137 Å². The standard InChI is InChI=1S/C19H22ClNO/c1-4-16(15(2)14-21-3)8-6-5-7-9-19(22)17-10-12-18(20)13-11-17/h5-7,10-14,19,22H,2,4,9H2,1,3H3/b7-5+,21-14-/t8?,19-/m0/s1. The predicted octanol–water partition coefficient (Wildman–Crippen LogP) is 5.07. The molecule has 0 fully saturated rings. The highest BCUT2D eigenvalue weighted by Crippen LogP contribution is 2.19. The van der Waals surface area contributed by atoms with Gasteiger partial charge in [-0.1, -0.05) is 49.4 Å². The lowest BCUT2D eigenvalue weighted by Crippen LogP contribution is -1.94. The van der Waals surface area contributed by atoms with Crippen molar-refractivity contribution in [2.24, 2.45) is 4.99 Å². The van der Waals surface area contributed by atoms with Gasteiger partial charge in [-0.25, -0.2) is 0 Å². The number of aliphatic hydroxyl groups is 1. The van der Waals surface area contributed by atoms with Crippen molar-refractivity contribution >= 4 is 17.8 Å². The van der Waals surface area contributed by atoms with Crippen molar-refractivity contribution in [1.82, 2.24) is 0 Å². The third-order valence-electron chi connectivity index (χ3n) is 3.13. The van der Waals surface area contributed by atoms with Crippen molar-refractivity contribution in [2.75, 3.05) is 7.05 Å². The van der Waals surface area contributed by atoms with E-state index in [2.05, 4.69) is 24.2 Å². The highest BCUT2D eigenvalue weighted by Gasteiger charge is 2.04. The number of rotatable bonds is 7. The molecule has 0 unspecified atom stereocenters. The molecule has 0 radical (unpaired) electrons. The van der Waals surface area contributed by atoms with Crippen molar-refractivity contribution < 1.29 is 5.11 Å². The molecular weight excluding hydrogens is 294 g/mol. The second-order valence-electron chi connectivity index (χ2n) is 4.79. The molecule has 1 N–H and O–H groups in total. The Morgan fingerprint density at radius 2 is 2.09 bits per heavy atom. The van der Waals surface area contributed by atoms with Gasteiger partial charge >= 0.3 is 0 Å². The van der Waals surface area contributed by atoms with Crippen molar-refractivity contribution in [3.05, 3.63) is 76.5 Å². The molecule has 1 rings (SSSR count). The van der Waals surface area contributed by atoms with E-state index in [1.54, 1.807) is 25.4 Å². The monoisotopic (exact) mass is 315 g/mol. The Balaban J connectivity index is 2.63. The van der Waals surface area contributed by atoms with Crippen LogP contribution in [0, 0.1) is 0 Å². The van der Waals surface area contributed by atoms with E-state index in [0.717, 1.165) is 23.1 Å². The summed E-state index contributed by atoms with van der Waals surface area (Å²) in [7, 11) is 1.72. The number of aliphatic imine (C=N–C) groups is 1. The van der Waals surface area contributed by atoms with E-state index in [-0.39, 0.29) is 0 Å². The van der Waals surface area contributed by atoms with Crippen molar-refractivity contribution in [1.29, 1.82) is 0 Å². The van der Waals surface area contributed by atoms with E-state index in [4.69, 9.17) is 11.6 Å². The van der Waals surface area contributed by atoms with Gasteiger partial charge in [0.1, 0.15) is 0 Å². The maximum Gasteiger partial charge on any atom is 0.0824 e. The molecule has 0 amide bonds. The van der Waals surface area contributed by atoms with Gasteiger partial charge in [-0.05, 0) is 42.2 Å². The third-order valence-corrected chi connectivity index (χ3v) is 3.38. The molecule has 2 nitrogen and oxygen atoms in total. The lowest BCUT2D eigenvalue weighted by atomic mass is 10.1. The second-order valence-corrected chi connectivity index (χ2v) is 5.22. The zero-order chi connectivity index (χ0) is 16.4. The molecule has 1 aromatic carbocycles. The van der Waals surface area contributed by atoms with E-state index in [9.17, 15) is 5.11 Å². The second kappa shape index (κ2) is 9.97. The molecular formula is C19H22ClNO. The summed E-state index contributed by atoms with van der Waals surface area (Å²) >= 11 is 5.83. The predicted molar refractivity (Wildman–Crippen MR) is 95.6 cm³/mol. The average Bonchev–Trinajstić information content (AvgIpc) is 2.51. The van der Waals surface area contributed by atoms with Crippen LogP contribution < -0.4 is 0 Å². The molecule has 0 heterocycles. The molecule has 0 aliphatic heterocycles. The summed E-state index contributed by atoms with van der Waals surface area (Å²) < 4.78 is 0. The summed E-state index contributed by atoms with van der Waals surface area (Å²) in [5.41, 5.74) is 5.94. The fourth-order valence-electron chi connectivity index (χ4n) is 1.90. The van der Waals surface area contributed by atoms with Crippen molar-refractivity contribution in [2.45, 2.75) is 25.9 Å². The van der Waals surface area contributed by atoms with E-state index in [1.165, 1.54) is 0 Å². The number of nitrogens with zero attached hydrogens (tertiary/aromatic N) is 1. The van der Waals surface area contributed by atoms with Crippen LogP contribution in [0.15, 0.2) is 70.9 Å². The summed E-state index contributed by atoms with van der Waals surface area (Å²) in [5.74, 6) is 0. The first kappa shape index (κ1) is 18.2. The van der Waals surface area contributed by atoms with Crippen LogP contribution in [0.25, 0.3) is 0 Å². The normalized spacial score (nSPS) is 12.4. The molecule has 0 saturated heterocycles. The average molecular weight is 316 g/mol. The van der Waals surface area contributed by atoms with Crippen LogP contribution >= 0.6 is 11.6 Å². The van der Waals surface area contributed by atoms with Crippen LogP contribution in [0.1, 0.15) is 31.4 Å². The van der Waals surface area contributed by atoms with E-state index >= 15 is 0 Å². The molecule has 0 saturated carbocycles. The zero-order valence-corrected chi connectivity index (χ0v) is 13.8. The van der Waals surface area contributed by atoms with Crippen LogP contribution in [-0.2, 0) is 0 Å². The molecule has 0 aromatic heterocycles. The molecule has 0 bridgehead atoms. The van der Waals surface area contributed by atoms with Crippen LogP contribution in [0.2, 0.25) is 5.02 Å². The minimum Gasteiger partial charge on any atom is -0.388 e. The highest BCUT2D eigenvalue weighted by molar-refractivity contribution is 6.30. The Kier molecular flexibility index (Phi) is 8.24.